The van der Waals surface area contributed by atoms with Crippen LogP contribution in [-0.4, -0.2) is 31.2 Å². The third-order valence-electron chi connectivity index (χ3n) is 5.20. The number of ether oxygens (including phenoxy) is 1. The highest BCUT2D eigenvalue weighted by Crippen LogP contribution is 2.24. The quantitative estimate of drug-likeness (QED) is 0.900. The summed E-state index contributed by atoms with van der Waals surface area (Å²) in [7, 11) is 1.73. The minimum absolute atomic E-state index is 0.551. The highest BCUT2D eigenvalue weighted by atomic mass is 16.5. The molecule has 0 radical (unpaired) electrons. The average Bonchev–Trinajstić information content (AvgIpc) is 2.63. The molecule has 1 aromatic carbocycles. The highest BCUT2D eigenvalue weighted by Gasteiger charge is 2.19. The fourth-order valence-electron chi connectivity index (χ4n) is 3.59. The normalized spacial score (nSPS) is 15.4. The van der Waals surface area contributed by atoms with Gasteiger partial charge in [0.05, 0.1) is 12.8 Å². The van der Waals surface area contributed by atoms with E-state index in [4.69, 9.17) is 4.74 Å². The first-order chi connectivity index (χ1) is 12.1. The number of benzene rings is 1. The molecule has 1 aromatic heterocycles. The molecule has 0 saturated carbocycles. The van der Waals surface area contributed by atoms with Crippen LogP contribution in [-0.2, 0) is 6.54 Å². The van der Waals surface area contributed by atoms with E-state index in [-0.39, 0.29) is 0 Å². The lowest BCUT2D eigenvalue weighted by Crippen LogP contribution is -2.42. The lowest BCUT2D eigenvalue weighted by atomic mass is 10.0. The van der Waals surface area contributed by atoms with Crippen LogP contribution in [0.25, 0.3) is 0 Å². The lowest BCUT2D eigenvalue weighted by molar-refractivity contribution is 0.399. The van der Waals surface area contributed by atoms with Crippen LogP contribution in [0.5, 0.6) is 5.75 Å². The summed E-state index contributed by atoms with van der Waals surface area (Å²) in [5, 5.41) is 3.69. The average molecular weight is 339 g/mol. The van der Waals surface area contributed by atoms with E-state index in [0.717, 1.165) is 55.0 Å². The Morgan fingerprint density at radius 1 is 1.12 bits per heavy atom. The van der Waals surface area contributed by atoms with E-state index in [1.165, 1.54) is 11.3 Å². The third-order valence-corrected chi connectivity index (χ3v) is 5.20. The van der Waals surface area contributed by atoms with Gasteiger partial charge < -0.3 is 15.0 Å². The second-order valence-corrected chi connectivity index (χ2v) is 7.02. The fourth-order valence-corrected chi connectivity index (χ4v) is 3.59. The molecule has 134 valence electrons. The SMILES string of the molecule is COc1c(C)cnc(CNC2CCN(c3ccc(C)cc3)CC2)c1C. The maximum atomic E-state index is 5.51. The molecule has 0 unspecified atom stereocenters. The molecule has 1 aliphatic rings. The molecule has 0 aliphatic carbocycles. The first-order valence-corrected chi connectivity index (χ1v) is 9.12. The van der Waals surface area contributed by atoms with Gasteiger partial charge in [-0.1, -0.05) is 17.7 Å². The van der Waals surface area contributed by atoms with E-state index in [1.54, 1.807) is 7.11 Å². The molecule has 3 rings (SSSR count). The minimum atomic E-state index is 0.551. The van der Waals surface area contributed by atoms with Crippen molar-refractivity contribution < 1.29 is 4.74 Å². The van der Waals surface area contributed by atoms with Crippen molar-refractivity contribution in [1.82, 2.24) is 10.3 Å². The predicted octanol–water partition coefficient (Wildman–Crippen LogP) is 3.77. The summed E-state index contributed by atoms with van der Waals surface area (Å²) in [5.41, 5.74) is 5.98. The van der Waals surface area contributed by atoms with Gasteiger partial charge in [0.2, 0.25) is 0 Å². The molecule has 1 N–H and O–H groups in total. The van der Waals surface area contributed by atoms with Crippen LogP contribution in [0.4, 0.5) is 5.69 Å². The van der Waals surface area contributed by atoms with E-state index in [9.17, 15) is 0 Å². The number of anilines is 1. The molecule has 1 fully saturated rings. The van der Waals surface area contributed by atoms with Gasteiger partial charge in [-0.25, -0.2) is 0 Å². The number of pyridine rings is 1. The van der Waals surface area contributed by atoms with Crippen molar-refractivity contribution in [2.24, 2.45) is 0 Å². The van der Waals surface area contributed by atoms with Gasteiger partial charge in [0, 0.05) is 48.7 Å². The van der Waals surface area contributed by atoms with Gasteiger partial charge in [-0.15, -0.1) is 0 Å². The van der Waals surface area contributed by atoms with E-state index in [2.05, 4.69) is 53.3 Å². The lowest BCUT2D eigenvalue weighted by Gasteiger charge is -2.34. The molecular weight excluding hydrogens is 310 g/mol. The summed E-state index contributed by atoms with van der Waals surface area (Å²) in [6.45, 7) is 9.27. The van der Waals surface area contributed by atoms with Gasteiger partial charge in [-0.3, -0.25) is 4.98 Å². The summed E-state index contributed by atoms with van der Waals surface area (Å²) >= 11 is 0. The second kappa shape index (κ2) is 7.87. The van der Waals surface area contributed by atoms with Gasteiger partial charge in [0.1, 0.15) is 5.75 Å². The number of aryl methyl sites for hydroxylation is 2. The Bertz CT molecular complexity index is 704. The van der Waals surface area contributed by atoms with Crippen molar-refractivity contribution in [3.05, 3.63) is 52.8 Å². The summed E-state index contributed by atoms with van der Waals surface area (Å²) in [4.78, 5) is 7.07. The standard InChI is InChI=1S/C21H29N3O/c1-15-5-7-19(8-6-15)24-11-9-18(10-12-24)22-14-20-17(3)21(25-4)16(2)13-23-20/h5-8,13,18,22H,9-12,14H2,1-4H3. The molecule has 1 aliphatic heterocycles. The van der Waals surface area contributed by atoms with Crippen LogP contribution in [0.1, 0.15) is 35.2 Å². The molecule has 25 heavy (non-hydrogen) atoms. The number of hydrogen-bond donors (Lipinski definition) is 1. The molecular formula is C21H29N3O. The number of nitrogens with one attached hydrogen (secondary N) is 1. The maximum Gasteiger partial charge on any atom is 0.128 e. The van der Waals surface area contributed by atoms with E-state index in [1.807, 2.05) is 13.1 Å². The zero-order chi connectivity index (χ0) is 17.8. The van der Waals surface area contributed by atoms with Gasteiger partial charge in [-0.2, -0.15) is 0 Å². The van der Waals surface area contributed by atoms with Crippen LogP contribution in [0.2, 0.25) is 0 Å². The number of aromatic nitrogens is 1. The molecule has 0 amide bonds. The zero-order valence-electron chi connectivity index (χ0n) is 15.8. The number of hydrogen-bond acceptors (Lipinski definition) is 4. The van der Waals surface area contributed by atoms with Gasteiger partial charge in [-0.05, 0) is 45.7 Å². The fraction of sp³-hybridized carbons (Fsp3) is 0.476. The minimum Gasteiger partial charge on any atom is -0.496 e. The third kappa shape index (κ3) is 4.13. The summed E-state index contributed by atoms with van der Waals surface area (Å²) in [5.74, 6) is 0.959. The molecule has 4 heteroatoms. The predicted molar refractivity (Wildman–Crippen MR) is 104 cm³/mol. The molecule has 4 nitrogen and oxygen atoms in total. The number of rotatable bonds is 5. The number of nitrogens with zero attached hydrogens (tertiary/aromatic N) is 2. The van der Waals surface area contributed by atoms with Crippen molar-refractivity contribution in [1.29, 1.82) is 0 Å². The largest absolute Gasteiger partial charge is 0.496 e. The Morgan fingerprint density at radius 2 is 1.80 bits per heavy atom. The van der Waals surface area contributed by atoms with E-state index in [0.29, 0.717) is 6.04 Å². The Kier molecular flexibility index (Phi) is 5.59. The molecule has 0 bridgehead atoms. The Balaban J connectivity index is 1.54. The molecule has 2 heterocycles. The van der Waals surface area contributed by atoms with Crippen molar-refractivity contribution >= 4 is 5.69 Å². The van der Waals surface area contributed by atoms with Crippen LogP contribution in [0.3, 0.4) is 0 Å². The van der Waals surface area contributed by atoms with Gasteiger partial charge in [0.15, 0.2) is 0 Å². The Hall–Kier alpha value is -2.07. The van der Waals surface area contributed by atoms with Crippen molar-refractivity contribution in [2.75, 3.05) is 25.1 Å². The summed E-state index contributed by atoms with van der Waals surface area (Å²) in [6, 6.07) is 9.40. The summed E-state index contributed by atoms with van der Waals surface area (Å²) < 4.78 is 5.51. The van der Waals surface area contributed by atoms with Gasteiger partial charge in [0.25, 0.3) is 0 Å². The van der Waals surface area contributed by atoms with Crippen molar-refractivity contribution in [3.8, 4) is 5.75 Å². The molecule has 1 saturated heterocycles. The topological polar surface area (TPSA) is 37.4 Å². The zero-order valence-corrected chi connectivity index (χ0v) is 15.8. The smallest absolute Gasteiger partial charge is 0.128 e. The van der Waals surface area contributed by atoms with Crippen LogP contribution in [0, 0.1) is 20.8 Å². The van der Waals surface area contributed by atoms with Crippen LogP contribution < -0.4 is 15.0 Å². The maximum absolute atomic E-state index is 5.51. The van der Waals surface area contributed by atoms with Crippen molar-refractivity contribution in [2.45, 2.75) is 46.2 Å². The second-order valence-electron chi connectivity index (χ2n) is 7.02. The van der Waals surface area contributed by atoms with E-state index < -0.39 is 0 Å². The Labute approximate surface area is 151 Å². The van der Waals surface area contributed by atoms with Crippen LogP contribution in [0.15, 0.2) is 30.5 Å². The number of methoxy groups -OCH3 is 1. The summed E-state index contributed by atoms with van der Waals surface area (Å²) in [6.07, 6.45) is 4.23. The van der Waals surface area contributed by atoms with E-state index >= 15 is 0 Å². The highest BCUT2D eigenvalue weighted by molar-refractivity contribution is 5.48. The monoisotopic (exact) mass is 339 g/mol. The van der Waals surface area contributed by atoms with Crippen molar-refractivity contribution in [3.63, 3.8) is 0 Å². The first kappa shape index (κ1) is 17.7. The number of piperidine rings is 1. The molecule has 0 spiro atoms. The first-order valence-electron chi connectivity index (χ1n) is 9.12. The van der Waals surface area contributed by atoms with Gasteiger partial charge >= 0.3 is 0 Å². The van der Waals surface area contributed by atoms with Crippen LogP contribution >= 0.6 is 0 Å². The molecule has 2 aromatic rings. The Morgan fingerprint density at radius 3 is 2.44 bits per heavy atom. The molecule has 0 atom stereocenters.